The van der Waals surface area contributed by atoms with Crippen LogP contribution < -0.4 is 10.2 Å². The monoisotopic (exact) mass is 231 g/mol. The molecule has 1 amide bonds. The standard InChI is InChI=1S/C11H13N5O/c1-15-4-2-8-10(15)13-7-14-11(8)16-5-3-12-9(17)6-16/h2,4,7H,3,5-6H2,1H3,(H,12,17). The predicted molar refractivity (Wildman–Crippen MR) is 63.7 cm³/mol. The van der Waals surface area contributed by atoms with Crippen molar-refractivity contribution in [3.05, 3.63) is 18.6 Å². The molecule has 88 valence electrons. The summed E-state index contributed by atoms with van der Waals surface area (Å²) in [5.41, 5.74) is 0.890. The van der Waals surface area contributed by atoms with Crippen LogP contribution in [-0.4, -0.2) is 40.1 Å². The number of nitrogens with one attached hydrogen (secondary N) is 1. The summed E-state index contributed by atoms with van der Waals surface area (Å²) in [4.78, 5) is 21.9. The normalized spacial score (nSPS) is 16.3. The highest BCUT2D eigenvalue weighted by Gasteiger charge is 2.20. The van der Waals surface area contributed by atoms with E-state index in [1.165, 1.54) is 0 Å². The predicted octanol–water partition coefficient (Wildman–Crippen LogP) is -0.0955. The number of carbonyl (C=O) groups excluding carboxylic acids is 1. The Bertz CT molecular complexity index is 576. The highest BCUT2D eigenvalue weighted by molar-refractivity contribution is 5.91. The number of amides is 1. The van der Waals surface area contributed by atoms with Crippen molar-refractivity contribution in [1.29, 1.82) is 0 Å². The van der Waals surface area contributed by atoms with Crippen LogP contribution in [0.5, 0.6) is 0 Å². The Hall–Kier alpha value is -2.11. The van der Waals surface area contributed by atoms with Gasteiger partial charge in [-0.25, -0.2) is 9.97 Å². The van der Waals surface area contributed by atoms with Crippen LogP contribution in [0.15, 0.2) is 18.6 Å². The summed E-state index contributed by atoms with van der Waals surface area (Å²) in [5.74, 6) is 0.879. The van der Waals surface area contributed by atoms with Gasteiger partial charge in [-0.15, -0.1) is 0 Å². The molecule has 0 atom stereocenters. The molecule has 0 aliphatic carbocycles. The molecule has 2 aromatic heterocycles. The molecular formula is C11H13N5O. The van der Waals surface area contributed by atoms with E-state index in [0.29, 0.717) is 13.1 Å². The molecule has 0 radical (unpaired) electrons. The molecule has 6 nitrogen and oxygen atoms in total. The van der Waals surface area contributed by atoms with E-state index in [-0.39, 0.29) is 5.91 Å². The maximum absolute atomic E-state index is 11.4. The second-order valence-corrected chi connectivity index (χ2v) is 4.13. The zero-order valence-corrected chi connectivity index (χ0v) is 9.55. The second-order valence-electron chi connectivity index (χ2n) is 4.13. The highest BCUT2D eigenvalue weighted by atomic mass is 16.2. The van der Waals surface area contributed by atoms with Crippen LogP contribution in [0.25, 0.3) is 11.0 Å². The number of aromatic nitrogens is 3. The number of fused-ring (bicyclic) bond motifs is 1. The van der Waals surface area contributed by atoms with Gasteiger partial charge in [0.1, 0.15) is 17.8 Å². The van der Waals surface area contributed by atoms with Crippen LogP contribution in [0.1, 0.15) is 0 Å². The lowest BCUT2D eigenvalue weighted by molar-refractivity contribution is -0.120. The van der Waals surface area contributed by atoms with Gasteiger partial charge in [0.05, 0.1) is 11.9 Å². The van der Waals surface area contributed by atoms with Crippen molar-refractivity contribution >= 4 is 22.8 Å². The van der Waals surface area contributed by atoms with Gasteiger partial charge < -0.3 is 14.8 Å². The third-order valence-corrected chi connectivity index (χ3v) is 2.98. The van der Waals surface area contributed by atoms with Crippen molar-refractivity contribution in [2.45, 2.75) is 0 Å². The van der Waals surface area contributed by atoms with Crippen LogP contribution in [0.4, 0.5) is 5.82 Å². The fraction of sp³-hybridized carbons (Fsp3) is 0.364. The van der Waals surface area contributed by atoms with Crippen LogP contribution >= 0.6 is 0 Å². The van der Waals surface area contributed by atoms with Gasteiger partial charge in [0.25, 0.3) is 0 Å². The summed E-state index contributed by atoms with van der Waals surface area (Å²) in [7, 11) is 1.95. The second kappa shape index (κ2) is 3.73. The third-order valence-electron chi connectivity index (χ3n) is 2.98. The third kappa shape index (κ3) is 1.61. The van der Waals surface area contributed by atoms with Crippen LogP contribution in [0.3, 0.4) is 0 Å². The highest BCUT2D eigenvalue weighted by Crippen LogP contribution is 2.23. The summed E-state index contributed by atoms with van der Waals surface area (Å²) in [5, 5.41) is 3.80. The van der Waals surface area contributed by atoms with Crippen molar-refractivity contribution in [2.24, 2.45) is 7.05 Å². The number of rotatable bonds is 1. The lowest BCUT2D eigenvalue weighted by Gasteiger charge is -2.27. The van der Waals surface area contributed by atoms with E-state index in [1.807, 2.05) is 28.8 Å². The lowest BCUT2D eigenvalue weighted by atomic mass is 10.3. The van der Waals surface area contributed by atoms with Gasteiger partial charge in [-0.3, -0.25) is 4.79 Å². The summed E-state index contributed by atoms with van der Waals surface area (Å²) in [6.45, 7) is 1.81. The number of carbonyl (C=O) groups is 1. The van der Waals surface area contributed by atoms with E-state index < -0.39 is 0 Å². The Labute approximate surface area is 98.3 Å². The van der Waals surface area contributed by atoms with Crippen molar-refractivity contribution in [2.75, 3.05) is 24.5 Å². The van der Waals surface area contributed by atoms with Crippen molar-refractivity contribution in [3.8, 4) is 0 Å². The molecule has 0 spiro atoms. The molecule has 3 heterocycles. The summed E-state index contributed by atoms with van der Waals surface area (Å²) >= 11 is 0. The number of hydrogen-bond donors (Lipinski definition) is 1. The molecule has 1 aliphatic rings. The van der Waals surface area contributed by atoms with Crippen LogP contribution in [0, 0.1) is 0 Å². The molecule has 2 aromatic rings. The zero-order valence-electron chi connectivity index (χ0n) is 9.55. The Morgan fingerprint density at radius 3 is 3.12 bits per heavy atom. The van der Waals surface area contributed by atoms with E-state index in [1.54, 1.807) is 6.33 Å². The first-order valence-electron chi connectivity index (χ1n) is 5.53. The van der Waals surface area contributed by atoms with Gasteiger partial charge >= 0.3 is 0 Å². The number of piperazine rings is 1. The van der Waals surface area contributed by atoms with Crippen molar-refractivity contribution in [1.82, 2.24) is 19.9 Å². The Morgan fingerprint density at radius 2 is 2.29 bits per heavy atom. The maximum Gasteiger partial charge on any atom is 0.239 e. The smallest absolute Gasteiger partial charge is 0.239 e. The minimum absolute atomic E-state index is 0.0407. The average molecular weight is 231 g/mol. The topological polar surface area (TPSA) is 63.0 Å². The molecule has 0 aromatic carbocycles. The first kappa shape index (κ1) is 10.1. The van der Waals surface area contributed by atoms with Gasteiger partial charge in [-0.05, 0) is 6.07 Å². The molecule has 0 saturated carbocycles. The van der Waals surface area contributed by atoms with Crippen LogP contribution in [0.2, 0.25) is 0 Å². The lowest BCUT2D eigenvalue weighted by Crippen LogP contribution is -2.48. The van der Waals surface area contributed by atoms with Crippen molar-refractivity contribution in [3.63, 3.8) is 0 Å². The van der Waals surface area contributed by atoms with Gasteiger partial charge in [0.2, 0.25) is 5.91 Å². The maximum atomic E-state index is 11.4. The van der Waals surface area contributed by atoms with Crippen molar-refractivity contribution < 1.29 is 4.79 Å². The van der Waals surface area contributed by atoms with E-state index in [0.717, 1.165) is 23.4 Å². The fourth-order valence-electron chi connectivity index (χ4n) is 2.14. The molecular weight excluding hydrogens is 218 g/mol. The molecule has 1 saturated heterocycles. The quantitative estimate of drug-likeness (QED) is 0.744. The summed E-state index contributed by atoms with van der Waals surface area (Å²) < 4.78 is 1.95. The number of nitrogens with zero attached hydrogens (tertiary/aromatic N) is 4. The minimum Gasteiger partial charge on any atom is -0.353 e. The van der Waals surface area contributed by atoms with E-state index in [2.05, 4.69) is 15.3 Å². The summed E-state index contributed by atoms with van der Waals surface area (Å²) in [6.07, 6.45) is 3.50. The SMILES string of the molecule is Cn1ccc2c(N3CCNC(=O)C3)ncnc21. The van der Waals surface area contributed by atoms with Gasteiger partial charge in [0, 0.05) is 26.3 Å². The average Bonchev–Trinajstić information content (AvgIpc) is 2.71. The van der Waals surface area contributed by atoms with E-state index in [4.69, 9.17) is 0 Å². The van der Waals surface area contributed by atoms with Crippen LogP contribution in [-0.2, 0) is 11.8 Å². The minimum atomic E-state index is 0.0407. The Kier molecular flexibility index (Phi) is 2.21. The largest absolute Gasteiger partial charge is 0.353 e. The van der Waals surface area contributed by atoms with Gasteiger partial charge in [-0.1, -0.05) is 0 Å². The summed E-state index contributed by atoms with van der Waals surface area (Å²) in [6, 6.07) is 1.98. The molecule has 6 heteroatoms. The number of hydrogen-bond acceptors (Lipinski definition) is 4. The Morgan fingerprint density at radius 1 is 1.41 bits per heavy atom. The Balaban J connectivity index is 2.07. The van der Waals surface area contributed by atoms with E-state index >= 15 is 0 Å². The number of aryl methyl sites for hydroxylation is 1. The molecule has 1 N–H and O–H groups in total. The fourth-order valence-corrected chi connectivity index (χ4v) is 2.14. The number of anilines is 1. The van der Waals surface area contributed by atoms with Gasteiger partial charge in [0.15, 0.2) is 0 Å². The molecule has 1 aliphatic heterocycles. The molecule has 0 bridgehead atoms. The van der Waals surface area contributed by atoms with Gasteiger partial charge in [-0.2, -0.15) is 0 Å². The molecule has 17 heavy (non-hydrogen) atoms. The zero-order chi connectivity index (χ0) is 11.8. The molecule has 0 unspecified atom stereocenters. The molecule has 3 rings (SSSR count). The molecule has 1 fully saturated rings. The van der Waals surface area contributed by atoms with E-state index in [9.17, 15) is 4.79 Å². The first-order valence-corrected chi connectivity index (χ1v) is 5.53. The first-order chi connectivity index (χ1) is 8.25.